The van der Waals surface area contributed by atoms with E-state index in [1.807, 2.05) is 0 Å². The third-order valence-electron chi connectivity index (χ3n) is 3.66. The summed E-state index contributed by atoms with van der Waals surface area (Å²) in [6.07, 6.45) is 18.8. The van der Waals surface area contributed by atoms with Gasteiger partial charge in [0.05, 0.1) is 0 Å². The molecular formula is C21H36. The Bertz CT molecular complexity index is 272. The zero-order chi connectivity index (χ0) is 15.4. The van der Waals surface area contributed by atoms with E-state index in [0.717, 1.165) is 25.7 Å². The Hall–Kier alpha value is -0.880. The molecule has 21 heavy (non-hydrogen) atoms. The summed E-state index contributed by atoms with van der Waals surface area (Å²) in [6, 6.07) is 0. The first-order valence-corrected chi connectivity index (χ1v) is 9.33. The molecule has 0 radical (unpaired) electrons. The molecule has 0 saturated heterocycles. The maximum Gasteiger partial charge on any atom is 0.00886 e. The highest BCUT2D eigenvalue weighted by Crippen LogP contribution is 2.04. The van der Waals surface area contributed by atoms with Crippen LogP contribution in [-0.4, -0.2) is 0 Å². The van der Waals surface area contributed by atoms with Crippen LogP contribution in [-0.2, 0) is 0 Å². The fourth-order valence-corrected chi connectivity index (χ4v) is 2.24. The summed E-state index contributed by atoms with van der Waals surface area (Å²) in [4.78, 5) is 0. The molecule has 0 aliphatic carbocycles. The lowest BCUT2D eigenvalue weighted by atomic mass is 10.1. The first kappa shape index (κ1) is 20.1. The smallest absolute Gasteiger partial charge is 0.00886 e. The molecule has 0 spiro atoms. The van der Waals surface area contributed by atoms with Crippen molar-refractivity contribution in [2.45, 2.75) is 110 Å². The van der Waals surface area contributed by atoms with Crippen LogP contribution < -0.4 is 0 Å². The summed E-state index contributed by atoms with van der Waals surface area (Å²) in [5, 5.41) is 0. The van der Waals surface area contributed by atoms with Crippen molar-refractivity contribution in [3.63, 3.8) is 0 Å². The Morgan fingerprint density at radius 2 is 0.667 bits per heavy atom. The molecule has 0 saturated carbocycles. The monoisotopic (exact) mass is 288 g/mol. The van der Waals surface area contributed by atoms with Gasteiger partial charge in [0.1, 0.15) is 0 Å². The highest BCUT2D eigenvalue weighted by molar-refractivity contribution is 4.99. The van der Waals surface area contributed by atoms with Crippen LogP contribution in [0.1, 0.15) is 110 Å². The summed E-state index contributed by atoms with van der Waals surface area (Å²) < 4.78 is 0. The molecule has 0 unspecified atom stereocenters. The summed E-state index contributed by atoms with van der Waals surface area (Å²) in [5.74, 6) is 13.2. The van der Waals surface area contributed by atoms with Crippen LogP contribution in [0.2, 0.25) is 0 Å². The van der Waals surface area contributed by atoms with Crippen LogP contribution in [0, 0.1) is 23.7 Å². The van der Waals surface area contributed by atoms with E-state index in [2.05, 4.69) is 37.5 Å². The maximum atomic E-state index is 3.31. The fraction of sp³-hybridized carbons (Fsp3) is 0.810. The van der Waals surface area contributed by atoms with Crippen LogP contribution in [0.25, 0.3) is 0 Å². The van der Waals surface area contributed by atoms with Gasteiger partial charge in [-0.3, -0.25) is 0 Å². The minimum absolute atomic E-state index is 1.08. The van der Waals surface area contributed by atoms with Crippen molar-refractivity contribution >= 4 is 0 Å². The third kappa shape index (κ3) is 19.1. The minimum Gasteiger partial charge on any atom is -0.103 e. The summed E-state index contributed by atoms with van der Waals surface area (Å²) >= 11 is 0. The van der Waals surface area contributed by atoms with Gasteiger partial charge in [-0.05, 0) is 25.7 Å². The lowest BCUT2D eigenvalue weighted by Gasteiger charge is -1.94. The van der Waals surface area contributed by atoms with Gasteiger partial charge < -0.3 is 0 Å². The summed E-state index contributed by atoms with van der Waals surface area (Å²) in [7, 11) is 0. The lowest BCUT2D eigenvalue weighted by molar-refractivity contribution is 0.677. The van der Waals surface area contributed by atoms with Gasteiger partial charge in [-0.15, -0.1) is 23.7 Å². The molecule has 0 aliphatic heterocycles. The lowest BCUT2D eigenvalue weighted by Crippen LogP contribution is -1.77. The number of unbranched alkanes of at least 4 members (excludes halogenated alkanes) is 12. The van der Waals surface area contributed by atoms with E-state index in [1.165, 1.54) is 70.6 Å². The second-order valence-electron chi connectivity index (χ2n) is 5.89. The number of hydrogen-bond donors (Lipinski definition) is 0. The van der Waals surface area contributed by atoms with Gasteiger partial charge in [0.15, 0.2) is 0 Å². The Labute approximate surface area is 134 Å². The zero-order valence-electron chi connectivity index (χ0n) is 14.6. The Balaban J connectivity index is 3.18. The Morgan fingerprint density at radius 1 is 0.381 bits per heavy atom. The van der Waals surface area contributed by atoms with Gasteiger partial charge in [-0.2, -0.15) is 0 Å². The summed E-state index contributed by atoms with van der Waals surface area (Å²) in [6.45, 7) is 4.51. The van der Waals surface area contributed by atoms with E-state index in [4.69, 9.17) is 0 Å². The Morgan fingerprint density at radius 3 is 0.952 bits per heavy atom. The van der Waals surface area contributed by atoms with Crippen molar-refractivity contribution in [1.29, 1.82) is 0 Å². The van der Waals surface area contributed by atoms with Crippen molar-refractivity contribution < 1.29 is 0 Å². The average molecular weight is 289 g/mol. The number of rotatable bonds is 12. The second kappa shape index (κ2) is 19.1. The van der Waals surface area contributed by atoms with Crippen molar-refractivity contribution in [3.8, 4) is 23.7 Å². The van der Waals surface area contributed by atoms with E-state index in [9.17, 15) is 0 Å². The molecule has 0 heteroatoms. The van der Waals surface area contributed by atoms with Crippen molar-refractivity contribution in [2.75, 3.05) is 0 Å². The van der Waals surface area contributed by atoms with Gasteiger partial charge in [0.25, 0.3) is 0 Å². The summed E-state index contributed by atoms with van der Waals surface area (Å²) in [5.41, 5.74) is 0. The van der Waals surface area contributed by atoms with Crippen LogP contribution in [0.4, 0.5) is 0 Å². The van der Waals surface area contributed by atoms with Gasteiger partial charge in [-0.1, -0.05) is 58.8 Å². The molecule has 0 rings (SSSR count). The minimum atomic E-state index is 1.08. The van der Waals surface area contributed by atoms with E-state index in [1.54, 1.807) is 0 Å². The van der Waals surface area contributed by atoms with Crippen LogP contribution in [0.5, 0.6) is 0 Å². The average Bonchev–Trinajstić information content (AvgIpc) is 2.50. The second-order valence-corrected chi connectivity index (χ2v) is 5.89. The van der Waals surface area contributed by atoms with Crippen LogP contribution >= 0.6 is 0 Å². The molecule has 0 fully saturated rings. The molecule has 0 aliphatic rings. The molecule has 0 nitrogen and oxygen atoms in total. The van der Waals surface area contributed by atoms with E-state index >= 15 is 0 Å². The van der Waals surface area contributed by atoms with Crippen molar-refractivity contribution in [3.05, 3.63) is 0 Å². The highest BCUT2D eigenvalue weighted by Gasteiger charge is 1.87. The topological polar surface area (TPSA) is 0 Å². The van der Waals surface area contributed by atoms with E-state index in [-0.39, 0.29) is 0 Å². The molecule has 0 aromatic carbocycles. The molecule has 0 aromatic heterocycles. The van der Waals surface area contributed by atoms with Gasteiger partial charge >= 0.3 is 0 Å². The first-order valence-electron chi connectivity index (χ1n) is 9.33. The molecule has 0 N–H and O–H groups in total. The molecule has 120 valence electrons. The zero-order valence-corrected chi connectivity index (χ0v) is 14.6. The van der Waals surface area contributed by atoms with Crippen molar-refractivity contribution in [2.24, 2.45) is 0 Å². The van der Waals surface area contributed by atoms with Crippen LogP contribution in [0.15, 0.2) is 0 Å². The normalized spacial score (nSPS) is 9.62. The SMILES string of the molecule is CCCCCCC#CCCCCCC#CCCCCCC. The van der Waals surface area contributed by atoms with E-state index in [0.29, 0.717) is 0 Å². The molecule has 0 aromatic rings. The first-order chi connectivity index (χ1) is 10.4. The predicted octanol–water partition coefficient (Wildman–Crippen LogP) is 6.88. The van der Waals surface area contributed by atoms with Gasteiger partial charge in [0.2, 0.25) is 0 Å². The van der Waals surface area contributed by atoms with Crippen molar-refractivity contribution in [1.82, 2.24) is 0 Å². The molecule has 0 atom stereocenters. The highest BCUT2D eigenvalue weighted by atomic mass is 13.9. The molecular weight excluding hydrogens is 252 g/mol. The Kier molecular flexibility index (Phi) is 18.3. The molecule has 0 heterocycles. The number of hydrogen-bond acceptors (Lipinski definition) is 0. The van der Waals surface area contributed by atoms with Gasteiger partial charge in [-0.25, -0.2) is 0 Å². The molecule has 0 amide bonds. The predicted molar refractivity (Wildman–Crippen MR) is 96.2 cm³/mol. The fourth-order valence-electron chi connectivity index (χ4n) is 2.24. The third-order valence-corrected chi connectivity index (χ3v) is 3.66. The van der Waals surface area contributed by atoms with Gasteiger partial charge in [0, 0.05) is 25.7 Å². The van der Waals surface area contributed by atoms with Crippen LogP contribution in [0.3, 0.4) is 0 Å². The molecule has 0 bridgehead atoms. The standard InChI is InChI=1S/C21H36/c1-3-5-7-9-11-13-15-17-19-21-20-18-16-14-12-10-8-6-4-2/h3-12,17-21H2,1-2H3. The van der Waals surface area contributed by atoms with E-state index < -0.39 is 0 Å². The largest absolute Gasteiger partial charge is 0.103 e. The quantitative estimate of drug-likeness (QED) is 0.271. The maximum absolute atomic E-state index is 3.31.